The second-order valence-corrected chi connectivity index (χ2v) is 4.96. The first kappa shape index (κ1) is 11.4. The van der Waals surface area contributed by atoms with Crippen molar-refractivity contribution >= 4 is 0 Å². The minimum absolute atomic E-state index is 0.626. The van der Waals surface area contributed by atoms with Crippen molar-refractivity contribution in [3.8, 4) is 0 Å². The molecule has 1 unspecified atom stereocenters. The van der Waals surface area contributed by atoms with Crippen LogP contribution in [-0.2, 0) is 4.74 Å². The minimum atomic E-state index is 0.626. The van der Waals surface area contributed by atoms with Crippen LogP contribution in [0.4, 0.5) is 0 Å². The maximum Gasteiger partial charge on any atom is 0.0589 e. The molecule has 0 spiro atoms. The van der Waals surface area contributed by atoms with Crippen LogP contribution in [-0.4, -0.2) is 43.8 Å². The summed E-state index contributed by atoms with van der Waals surface area (Å²) in [6, 6.07) is 1.44. The number of hydrogen-bond acceptors (Lipinski definition) is 3. The van der Waals surface area contributed by atoms with Crippen LogP contribution in [0.5, 0.6) is 0 Å². The third kappa shape index (κ3) is 2.71. The predicted octanol–water partition coefficient (Wildman–Crippen LogP) is 1.22. The first-order valence-electron chi connectivity index (χ1n) is 6.31. The van der Waals surface area contributed by atoms with Crippen molar-refractivity contribution in [2.24, 2.45) is 11.7 Å². The molecule has 2 rings (SSSR count). The summed E-state index contributed by atoms with van der Waals surface area (Å²) in [5.74, 6) is 0.868. The van der Waals surface area contributed by atoms with Crippen molar-refractivity contribution in [2.75, 3.05) is 26.8 Å². The molecule has 2 aliphatic carbocycles. The quantitative estimate of drug-likeness (QED) is 0.689. The van der Waals surface area contributed by atoms with E-state index in [1.54, 1.807) is 7.11 Å². The molecule has 2 N–H and O–H groups in total. The lowest BCUT2D eigenvalue weighted by molar-refractivity contribution is 0.0646. The molecule has 0 bridgehead atoms. The van der Waals surface area contributed by atoms with Crippen LogP contribution < -0.4 is 5.73 Å². The highest BCUT2D eigenvalue weighted by Gasteiger charge is 2.38. The normalized spacial score (nSPS) is 24.2. The van der Waals surface area contributed by atoms with E-state index in [0.29, 0.717) is 6.04 Å². The van der Waals surface area contributed by atoms with E-state index in [2.05, 4.69) is 4.90 Å². The summed E-state index contributed by atoms with van der Waals surface area (Å²) in [5, 5.41) is 0. The fraction of sp³-hybridized carbons (Fsp3) is 1.00. The van der Waals surface area contributed by atoms with Gasteiger partial charge < -0.3 is 10.5 Å². The summed E-state index contributed by atoms with van der Waals surface area (Å²) in [4.78, 5) is 2.62. The molecular formula is C12H24N2O. The van der Waals surface area contributed by atoms with E-state index in [9.17, 15) is 0 Å². The molecule has 0 saturated heterocycles. The van der Waals surface area contributed by atoms with Crippen molar-refractivity contribution in [2.45, 2.75) is 44.2 Å². The van der Waals surface area contributed by atoms with Gasteiger partial charge in [-0.25, -0.2) is 0 Å². The van der Waals surface area contributed by atoms with E-state index in [1.807, 2.05) is 0 Å². The van der Waals surface area contributed by atoms with Crippen molar-refractivity contribution in [3.63, 3.8) is 0 Å². The van der Waals surface area contributed by atoms with Gasteiger partial charge in [0.05, 0.1) is 6.61 Å². The Balaban J connectivity index is 1.87. The molecule has 88 valence electrons. The average Bonchev–Trinajstić information content (AvgIpc) is 2.97. The number of hydrogen-bond donors (Lipinski definition) is 1. The maximum atomic E-state index is 5.94. The summed E-state index contributed by atoms with van der Waals surface area (Å²) in [6.45, 7) is 2.74. The summed E-state index contributed by atoms with van der Waals surface area (Å²) >= 11 is 0. The molecule has 0 radical (unpaired) electrons. The molecule has 0 aromatic rings. The highest BCUT2D eigenvalue weighted by atomic mass is 16.5. The van der Waals surface area contributed by atoms with Gasteiger partial charge in [0.15, 0.2) is 0 Å². The fourth-order valence-corrected chi connectivity index (χ4v) is 2.65. The van der Waals surface area contributed by atoms with Crippen LogP contribution in [0.3, 0.4) is 0 Å². The molecule has 1 atom stereocenters. The third-order valence-electron chi connectivity index (χ3n) is 3.93. The smallest absolute Gasteiger partial charge is 0.0589 e. The molecule has 3 nitrogen and oxygen atoms in total. The van der Waals surface area contributed by atoms with Crippen LogP contribution in [0.15, 0.2) is 0 Å². The second kappa shape index (κ2) is 5.28. The number of methoxy groups -OCH3 is 1. The standard InChI is InChI=1S/C12H24N2O/c1-15-8-7-14(11-5-6-11)12(9-13)10-3-2-4-10/h10-12H,2-9,13H2,1H3. The maximum absolute atomic E-state index is 5.94. The molecule has 0 aromatic heterocycles. The van der Waals surface area contributed by atoms with Crippen LogP contribution in [0.1, 0.15) is 32.1 Å². The van der Waals surface area contributed by atoms with Gasteiger partial charge in [-0.3, -0.25) is 4.90 Å². The Hall–Kier alpha value is -0.120. The molecule has 2 saturated carbocycles. The van der Waals surface area contributed by atoms with Crippen LogP contribution in [0.2, 0.25) is 0 Å². The fourth-order valence-electron chi connectivity index (χ4n) is 2.65. The second-order valence-electron chi connectivity index (χ2n) is 4.96. The highest BCUT2D eigenvalue weighted by Crippen LogP contribution is 2.36. The Kier molecular flexibility index (Phi) is 4.00. The van der Waals surface area contributed by atoms with Crippen LogP contribution in [0, 0.1) is 5.92 Å². The summed E-state index contributed by atoms with van der Waals surface area (Å²) in [7, 11) is 1.78. The van der Waals surface area contributed by atoms with E-state index in [-0.39, 0.29) is 0 Å². The van der Waals surface area contributed by atoms with Gasteiger partial charge in [-0.2, -0.15) is 0 Å². The van der Waals surface area contributed by atoms with Crippen LogP contribution >= 0.6 is 0 Å². The predicted molar refractivity (Wildman–Crippen MR) is 61.8 cm³/mol. The summed E-state index contributed by atoms with van der Waals surface area (Å²) in [6.07, 6.45) is 6.92. The van der Waals surface area contributed by atoms with Crippen LogP contribution in [0.25, 0.3) is 0 Å². The molecule has 0 heterocycles. The number of nitrogens with two attached hydrogens (primary N) is 1. The molecule has 0 aromatic carbocycles. The number of nitrogens with zero attached hydrogens (tertiary/aromatic N) is 1. The Morgan fingerprint density at radius 1 is 1.33 bits per heavy atom. The van der Waals surface area contributed by atoms with Gasteiger partial charge in [0.2, 0.25) is 0 Å². The lowest BCUT2D eigenvalue weighted by Crippen LogP contribution is -2.49. The number of rotatable bonds is 7. The van der Waals surface area contributed by atoms with E-state index in [0.717, 1.165) is 31.7 Å². The topological polar surface area (TPSA) is 38.5 Å². The molecule has 2 aliphatic rings. The SMILES string of the molecule is COCCN(C1CC1)C(CN)C1CCC1. The van der Waals surface area contributed by atoms with Crippen molar-refractivity contribution < 1.29 is 4.74 Å². The van der Waals surface area contributed by atoms with E-state index < -0.39 is 0 Å². The van der Waals surface area contributed by atoms with Gasteiger partial charge in [-0.15, -0.1) is 0 Å². The first-order valence-corrected chi connectivity index (χ1v) is 6.31. The van der Waals surface area contributed by atoms with Gasteiger partial charge >= 0.3 is 0 Å². The highest BCUT2D eigenvalue weighted by molar-refractivity contribution is 4.93. The van der Waals surface area contributed by atoms with E-state index in [4.69, 9.17) is 10.5 Å². The summed E-state index contributed by atoms with van der Waals surface area (Å²) in [5.41, 5.74) is 5.94. The number of ether oxygens (including phenoxy) is 1. The van der Waals surface area contributed by atoms with Gasteiger partial charge in [0, 0.05) is 32.3 Å². The van der Waals surface area contributed by atoms with Gasteiger partial charge in [0.1, 0.15) is 0 Å². The molecule has 15 heavy (non-hydrogen) atoms. The largest absolute Gasteiger partial charge is 0.383 e. The zero-order valence-electron chi connectivity index (χ0n) is 9.82. The molecular weight excluding hydrogens is 188 g/mol. The van der Waals surface area contributed by atoms with Crippen molar-refractivity contribution in [3.05, 3.63) is 0 Å². The lowest BCUT2D eigenvalue weighted by Gasteiger charge is -2.41. The molecule has 0 aliphatic heterocycles. The Morgan fingerprint density at radius 3 is 2.47 bits per heavy atom. The Bertz CT molecular complexity index is 190. The lowest BCUT2D eigenvalue weighted by atomic mass is 9.79. The molecule has 0 amide bonds. The average molecular weight is 212 g/mol. The van der Waals surface area contributed by atoms with Gasteiger partial charge in [-0.05, 0) is 31.6 Å². The van der Waals surface area contributed by atoms with Crippen molar-refractivity contribution in [1.29, 1.82) is 0 Å². The van der Waals surface area contributed by atoms with E-state index >= 15 is 0 Å². The first-order chi connectivity index (χ1) is 7.36. The van der Waals surface area contributed by atoms with Gasteiger partial charge in [-0.1, -0.05) is 6.42 Å². The van der Waals surface area contributed by atoms with E-state index in [1.165, 1.54) is 32.1 Å². The summed E-state index contributed by atoms with van der Waals surface area (Å²) < 4.78 is 5.19. The van der Waals surface area contributed by atoms with Gasteiger partial charge in [0.25, 0.3) is 0 Å². The van der Waals surface area contributed by atoms with Crippen molar-refractivity contribution in [1.82, 2.24) is 4.90 Å². The Labute approximate surface area is 93.0 Å². The molecule has 3 heteroatoms. The monoisotopic (exact) mass is 212 g/mol. The zero-order valence-corrected chi connectivity index (χ0v) is 9.82. The zero-order chi connectivity index (χ0) is 10.7. The Morgan fingerprint density at radius 2 is 2.07 bits per heavy atom. The third-order valence-corrected chi connectivity index (χ3v) is 3.93. The minimum Gasteiger partial charge on any atom is -0.383 e. The molecule has 2 fully saturated rings.